The van der Waals surface area contributed by atoms with Crippen LogP contribution in [0.3, 0.4) is 0 Å². The van der Waals surface area contributed by atoms with Gasteiger partial charge in [-0.1, -0.05) is 11.8 Å². The average Bonchev–Trinajstić information content (AvgIpc) is 2.44. The van der Waals surface area contributed by atoms with Gasteiger partial charge in [0.05, 0.1) is 6.61 Å². The Kier molecular flexibility index (Phi) is 3.60. The van der Waals surface area contributed by atoms with Crippen molar-refractivity contribution in [3.63, 3.8) is 0 Å². The van der Waals surface area contributed by atoms with E-state index in [9.17, 15) is 9.59 Å². The van der Waals surface area contributed by atoms with Crippen LogP contribution >= 0.6 is 23.5 Å². The zero-order valence-electron chi connectivity index (χ0n) is 8.20. The monoisotopic (exact) mass is 233 g/mol. The van der Waals surface area contributed by atoms with Gasteiger partial charge in [0.1, 0.15) is 4.38 Å². The van der Waals surface area contributed by atoms with Gasteiger partial charge in [0.2, 0.25) is 0 Å². The van der Waals surface area contributed by atoms with E-state index in [0.717, 1.165) is 11.8 Å². The van der Waals surface area contributed by atoms with Crippen molar-refractivity contribution in [2.45, 2.75) is 18.6 Å². The van der Waals surface area contributed by atoms with E-state index in [1.54, 1.807) is 13.8 Å². The third kappa shape index (κ3) is 1.95. The van der Waals surface area contributed by atoms with Crippen molar-refractivity contribution >= 4 is 39.8 Å². The Morgan fingerprint density at radius 3 is 2.79 bits per heavy atom. The molecule has 14 heavy (non-hydrogen) atoms. The topological polar surface area (TPSA) is 55.7 Å². The Morgan fingerprint density at radius 1 is 1.71 bits per heavy atom. The zero-order valence-corrected chi connectivity index (χ0v) is 9.83. The second-order valence-electron chi connectivity index (χ2n) is 2.74. The van der Waals surface area contributed by atoms with Gasteiger partial charge in [0.15, 0.2) is 4.75 Å². The molecule has 0 radical (unpaired) electrons. The van der Waals surface area contributed by atoms with Gasteiger partial charge in [0, 0.05) is 0 Å². The summed E-state index contributed by atoms with van der Waals surface area (Å²) in [5.41, 5.74) is 0. The van der Waals surface area contributed by atoms with Gasteiger partial charge in [-0.05, 0) is 20.1 Å². The van der Waals surface area contributed by atoms with Crippen LogP contribution in [0.1, 0.15) is 13.8 Å². The summed E-state index contributed by atoms with van der Waals surface area (Å²) in [5, 5.41) is 0. The SMILES string of the molecule is CCOC(=O)C1(C)SC(SC)=NC1=O. The van der Waals surface area contributed by atoms with Crippen LogP contribution in [0.4, 0.5) is 0 Å². The third-order valence-electron chi connectivity index (χ3n) is 1.73. The smallest absolute Gasteiger partial charge is 0.332 e. The number of ether oxygens (including phenoxy) is 1. The lowest BCUT2D eigenvalue weighted by Crippen LogP contribution is -2.38. The summed E-state index contributed by atoms with van der Waals surface area (Å²) in [5.74, 6) is -0.937. The van der Waals surface area contributed by atoms with E-state index in [4.69, 9.17) is 4.74 Å². The summed E-state index contributed by atoms with van der Waals surface area (Å²) in [6.45, 7) is 3.53. The maximum absolute atomic E-state index is 11.5. The highest BCUT2D eigenvalue weighted by atomic mass is 32.2. The molecule has 1 atom stereocenters. The normalized spacial score (nSPS) is 26.2. The van der Waals surface area contributed by atoms with Crippen LogP contribution in [-0.4, -0.2) is 33.9 Å². The van der Waals surface area contributed by atoms with Crippen molar-refractivity contribution in [1.29, 1.82) is 0 Å². The fraction of sp³-hybridized carbons (Fsp3) is 0.625. The van der Waals surface area contributed by atoms with Crippen molar-refractivity contribution < 1.29 is 14.3 Å². The van der Waals surface area contributed by atoms with Gasteiger partial charge in [-0.2, -0.15) is 4.99 Å². The summed E-state index contributed by atoms with van der Waals surface area (Å²) in [4.78, 5) is 26.7. The quantitative estimate of drug-likeness (QED) is 0.531. The summed E-state index contributed by atoms with van der Waals surface area (Å²) in [6, 6.07) is 0. The van der Waals surface area contributed by atoms with E-state index < -0.39 is 16.6 Å². The van der Waals surface area contributed by atoms with Crippen molar-refractivity contribution in [3.8, 4) is 0 Å². The number of amides is 1. The number of carbonyl (C=O) groups excluding carboxylic acids is 2. The molecule has 1 amide bonds. The predicted octanol–water partition coefficient (Wildman–Crippen LogP) is 1.30. The predicted molar refractivity (Wildman–Crippen MR) is 58.6 cm³/mol. The first kappa shape index (κ1) is 11.6. The molecule has 0 aromatic carbocycles. The number of nitrogens with zero attached hydrogens (tertiary/aromatic N) is 1. The van der Waals surface area contributed by atoms with E-state index >= 15 is 0 Å². The molecule has 0 spiro atoms. The lowest BCUT2D eigenvalue weighted by atomic mass is 10.1. The van der Waals surface area contributed by atoms with Crippen molar-refractivity contribution in [3.05, 3.63) is 0 Å². The standard InChI is InChI=1S/C8H11NO3S2/c1-4-12-6(11)8(2)5(10)9-7(13-3)14-8/h4H2,1-3H3. The van der Waals surface area contributed by atoms with Crippen LogP contribution in [0.5, 0.6) is 0 Å². The fourth-order valence-electron chi connectivity index (χ4n) is 0.916. The largest absolute Gasteiger partial charge is 0.465 e. The summed E-state index contributed by atoms with van der Waals surface area (Å²) >= 11 is 2.52. The molecular formula is C8H11NO3S2. The second kappa shape index (κ2) is 4.35. The molecule has 4 nitrogen and oxygen atoms in total. The Bertz CT molecular complexity index is 303. The van der Waals surface area contributed by atoms with Gasteiger partial charge in [-0.15, -0.1) is 11.8 Å². The number of hydrogen-bond donors (Lipinski definition) is 0. The first-order valence-electron chi connectivity index (χ1n) is 4.08. The maximum Gasteiger partial charge on any atom is 0.332 e. The van der Waals surface area contributed by atoms with Crippen LogP contribution in [0.15, 0.2) is 4.99 Å². The molecule has 0 fully saturated rings. The first-order chi connectivity index (χ1) is 6.54. The molecular weight excluding hydrogens is 222 g/mol. The Hall–Kier alpha value is -0.490. The summed E-state index contributed by atoms with van der Waals surface area (Å²) in [7, 11) is 0. The third-order valence-corrected chi connectivity index (χ3v) is 3.94. The van der Waals surface area contributed by atoms with Crippen molar-refractivity contribution in [2.75, 3.05) is 12.9 Å². The number of hydrogen-bond acceptors (Lipinski definition) is 5. The minimum absolute atomic E-state index is 0.275. The molecule has 0 aromatic rings. The van der Waals surface area contributed by atoms with Crippen LogP contribution in [0, 0.1) is 0 Å². The molecule has 0 bridgehead atoms. The summed E-state index contributed by atoms with van der Waals surface area (Å²) in [6.07, 6.45) is 1.82. The van der Waals surface area contributed by atoms with E-state index in [2.05, 4.69) is 4.99 Å². The van der Waals surface area contributed by atoms with E-state index in [0.29, 0.717) is 4.38 Å². The maximum atomic E-state index is 11.5. The lowest BCUT2D eigenvalue weighted by molar-refractivity contribution is -0.148. The Labute approximate surface area is 90.9 Å². The minimum atomic E-state index is -1.17. The number of thioether (sulfide) groups is 2. The van der Waals surface area contributed by atoms with Crippen LogP contribution < -0.4 is 0 Å². The Balaban J connectivity index is 2.79. The number of aliphatic imine (C=N–C) groups is 1. The fourth-order valence-corrected chi connectivity index (χ4v) is 2.68. The van der Waals surface area contributed by atoms with Crippen LogP contribution in [-0.2, 0) is 14.3 Å². The molecule has 0 aliphatic carbocycles. The van der Waals surface area contributed by atoms with Crippen LogP contribution in [0.25, 0.3) is 0 Å². The van der Waals surface area contributed by atoms with Gasteiger partial charge in [-0.25, -0.2) is 4.79 Å². The molecule has 1 unspecified atom stereocenters. The molecule has 0 saturated carbocycles. The molecule has 6 heteroatoms. The Morgan fingerprint density at radius 2 is 2.36 bits per heavy atom. The summed E-state index contributed by atoms with van der Waals surface area (Å²) < 4.78 is 4.27. The highest BCUT2D eigenvalue weighted by Crippen LogP contribution is 2.38. The molecule has 1 aliphatic heterocycles. The average molecular weight is 233 g/mol. The van der Waals surface area contributed by atoms with Crippen molar-refractivity contribution in [2.24, 2.45) is 4.99 Å². The van der Waals surface area contributed by atoms with Gasteiger partial charge in [0.25, 0.3) is 5.91 Å². The highest BCUT2D eigenvalue weighted by molar-refractivity contribution is 8.40. The zero-order chi connectivity index (χ0) is 10.8. The molecule has 0 N–H and O–H groups in total. The highest BCUT2D eigenvalue weighted by Gasteiger charge is 2.48. The molecule has 0 saturated heterocycles. The second-order valence-corrected chi connectivity index (χ2v) is 5.20. The molecule has 1 heterocycles. The molecule has 0 aromatic heterocycles. The molecule has 78 valence electrons. The number of rotatable bonds is 2. The van der Waals surface area contributed by atoms with E-state index in [1.165, 1.54) is 11.8 Å². The first-order valence-corrected chi connectivity index (χ1v) is 6.12. The lowest BCUT2D eigenvalue weighted by Gasteiger charge is -2.16. The number of esters is 1. The number of carbonyl (C=O) groups is 2. The van der Waals surface area contributed by atoms with Gasteiger partial charge < -0.3 is 4.74 Å². The molecule has 1 aliphatic rings. The van der Waals surface area contributed by atoms with E-state index in [-0.39, 0.29) is 6.61 Å². The molecule has 1 rings (SSSR count). The van der Waals surface area contributed by atoms with Gasteiger partial charge in [-0.3, -0.25) is 4.79 Å². The van der Waals surface area contributed by atoms with Crippen molar-refractivity contribution in [1.82, 2.24) is 0 Å². The minimum Gasteiger partial charge on any atom is -0.465 e. The van der Waals surface area contributed by atoms with Crippen LogP contribution in [0.2, 0.25) is 0 Å². The van der Waals surface area contributed by atoms with E-state index in [1.807, 2.05) is 6.26 Å². The van der Waals surface area contributed by atoms with Gasteiger partial charge >= 0.3 is 5.97 Å².